The quantitative estimate of drug-likeness (QED) is 0.651. The summed E-state index contributed by atoms with van der Waals surface area (Å²) in [5.74, 6) is 0.698. The van der Waals surface area contributed by atoms with Crippen LogP contribution in [-0.4, -0.2) is 16.2 Å². The van der Waals surface area contributed by atoms with Gasteiger partial charge in [0.05, 0.1) is 5.60 Å². The van der Waals surface area contributed by atoms with E-state index in [1.165, 1.54) is 12.8 Å². The largest absolute Gasteiger partial charge is 0.388 e. The van der Waals surface area contributed by atoms with E-state index < -0.39 is 5.60 Å². The molecule has 2 rings (SSSR count). The second kappa shape index (κ2) is 2.96. The van der Waals surface area contributed by atoms with Crippen LogP contribution in [0.1, 0.15) is 51.9 Å². The smallest absolute Gasteiger partial charge is 0.0826 e. The van der Waals surface area contributed by atoms with E-state index in [1.54, 1.807) is 0 Å². The highest BCUT2D eigenvalue weighted by molar-refractivity contribution is 5.09. The van der Waals surface area contributed by atoms with Gasteiger partial charge >= 0.3 is 0 Å². The Labute approximate surface area is 80.5 Å². The minimum Gasteiger partial charge on any atom is -0.388 e. The van der Waals surface area contributed by atoms with Gasteiger partial charge in [0.1, 0.15) is 0 Å². The molecule has 2 aliphatic carbocycles. The number of hydrogen-bond donors (Lipinski definition) is 2. The molecule has 3 N–H and O–H groups in total. The first kappa shape index (κ1) is 9.47. The molecule has 2 heteroatoms. The van der Waals surface area contributed by atoms with Crippen molar-refractivity contribution in [2.75, 3.05) is 0 Å². The third-order valence-corrected chi connectivity index (χ3v) is 4.14. The monoisotopic (exact) mass is 183 g/mol. The summed E-state index contributed by atoms with van der Waals surface area (Å²) < 4.78 is 0. The van der Waals surface area contributed by atoms with Crippen LogP contribution in [0.3, 0.4) is 0 Å². The Morgan fingerprint density at radius 1 is 1.23 bits per heavy atom. The fourth-order valence-corrected chi connectivity index (χ4v) is 3.02. The molecule has 76 valence electrons. The summed E-state index contributed by atoms with van der Waals surface area (Å²) in [7, 11) is 0. The molecule has 0 heterocycles. The number of nitrogens with two attached hydrogens (primary N) is 1. The zero-order valence-electron chi connectivity index (χ0n) is 8.55. The van der Waals surface area contributed by atoms with Crippen molar-refractivity contribution >= 4 is 0 Å². The predicted molar refractivity (Wildman–Crippen MR) is 53.4 cm³/mol. The molecule has 0 amide bonds. The lowest BCUT2D eigenvalue weighted by Crippen LogP contribution is -2.65. The molecule has 0 aromatic carbocycles. The van der Waals surface area contributed by atoms with Crippen LogP contribution in [0.4, 0.5) is 0 Å². The van der Waals surface area contributed by atoms with Gasteiger partial charge in [-0.3, -0.25) is 0 Å². The Morgan fingerprint density at radius 3 is 2.38 bits per heavy atom. The van der Waals surface area contributed by atoms with Crippen molar-refractivity contribution in [1.82, 2.24) is 0 Å². The summed E-state index contributed by atoms with van der Waals surface area (Å²) in [4.78, 5) is 0. The van der Waals surface area contributed by atoms with Gasteiger partial charge in [-0.2, -0.15) is 0 Å². The average molecular weight is 183 g/mol. The van der Waals surface area contributed by atoms with Crippen LogP contribution in [-0.2, 0) is 0 Å². The molecule has 2 atom stereocenters. The molecule has 0 saturated heterocycles. The van der Waals surface area contributed by atoms with Crippen LogP contribution in [0.25, 0.3) is 0 Å². The minimum atomic E-state index is -0.512. The molecule has 0 aliphatic heterocycles. The van der Waals surface area contributed by atoms with Crippen LogP contribution in [0, 0.1) is 5.92 Å². The topological polar surface area (TPSA) is 46.2 Å². The van der Waals surface area contributed by atoms with Crippen molar-refractivity contribution in [3.63, 3.8) is 0 Å². The summed E-state index contributed by atoms with van der Waals surface area (Å²) >= 11 is 0. The fourth-order valence-electron chi connectivity index (χ4n) is 3.02. The van der Waals surface area contributed by atoms with Crippen molar-refractivity contribution < 1.29 is 5.11 Å². The van der Waals surface area contributed by atoms with Gasteiger partial charge < -0.3 is 10.8 Å². The lowest BCUT2D eigenvalue weighted by molar-refractivity contribution is -0.114. The van der Waals surface area contributed by atoms with E-state index in [4.69, 9.17) is 5.73 Å². The van der Waals surface area contributed by atoms with Gasteiger partial charge in [-0.1, -0.05) is 19.8 Å². The first-order chi connectivity index (χ1) is 6.06. The highest BCUT2D eigenvalue weighted by Crippen LogP contribution is 2.47. The van der Waals surface area contributed by atoms with Gasteiger partial charge in [0.25, 0.3) is 0 Å². The molecule has 0 radical (unpaired) electrons. The number of aliphatic hydroxyl groups is 1. The highest BCUT2D eigenvalue weighted by Gasteiger charge is 2.52. The molecule has 2 aliphatic rings. The van der Waals surface area contributed by atoms with Gasteiger partial charge in [-0.15, -0.1) is 0 Å². The highest BCUT2D eigenvalue weighted by atomic mass is 16.3. The lowest BCUT2D eigenvalue weighted by atomic mass is 9.60. The summed E-state index contributed by atoms with van der Waals surface area (Å²) in [5, 5.41) is 10.3. The van der Waals surface area contributed by atoms with Crippen LogP contribution in [0.2, 0.25) is 0 Å². The van der Waals surface area contributed by atoms with E-state index in [2.05, 4.69) is 6.92 Å². The second-order valence-corrected chi connectivity index (χ2v) is 5.24. The molecule has 2 fully saturated rings. The van der Waals surface area contributed by atoms with Gasteiger partial charge in [0, 0.05) is 5.54 Å². The number of rotatable bonds is 1. The zero-order valence-corrected chi connectivity index (χ0v) is 8.55. The third kappa shape index (κ3) is 1.40. The number of hydrogen-bond acceptors (Lipinski definition) is 2. The molecule has 0 aromatic rings. The molecule has 2 saturated carbocycles. The van der Waals surface area contributed by atoms with E-state index in [0.717, 1.165) is 32.1 Å². The average Bonchev–Trinajstić information content (AvgIpc) is 1.99. The van der Waals surface area contributed by atoms with Crippen molar-refractivity contribution in [3.05, 3.63) is 0 Å². The van der Waals surface area contributed by atoms with E-state index in [9.17, 15) is 5.11 Å². The Bertz CT molecular complexity index is 200. The normalized spacial score (nSPS) is 44.1. The molecule has 2 unspecified atom stereocenters. The molecular weight excluding hydrogens is 162 g/mol. The van der Waals surface area contributed by atoms with Crippen LogP contribution < -0.4 is 5.73 Å². The van der Waals surface area contributed by atoms with Crippen LogP contribution in [0.15, 0.2) is 0 Å². The second-order valence-electron chi connectivity index (χ2n) is 5.24. The van der Waals surface area contributed by atoms with E-state index in [0.29, 0.717) is 5.92 Å². The first-order valence-electron chi connectivity index (χ1n) is 5.57. The summed E-state index contributed by atoms with van der Waals surface area (Å²) in [6, 6.07) is 0. The Kier molecular flexibility index (Phi) is 2.16. The van der Waals surface area contributed by atoms with Gasteiger partial charge in [-0.25, -0.2) is 0 Å². The fraction of sp³-hybridized carbons (Fsp3) is 1.00. The van der Waals surface area contributed by atoms with Crippen molar-refractivity contribution in [2.45, 2.75) is 63.0 Å². The Hall–Kier alpha value is -0.0800. The summed E-state index contributed by atoms with van der Waals surface area (Å²) in [5.41, 5.74) is 5.57. The maximum atomic E-state index is 10.3. The Morgan fingerprint density at radius 2 is 1.92 bits per heavy atom. The molecule has 0 aromatic heterocycles. The van der Waals surface area contributed by atoms with Crippen molar-refractivity contribution in [3.8, 4) is 0 Å². The summed E-state index contributed by atoms with van der Waals surface area (Å²) in [6.45, 7) is 2.25. The van der Waals surface area contributed by atoms with Crippen molar-refractivity contribution in [1.29, 1.82) is 0 Å². The van der Waals surface area contributed by atoms with Gasteiger partial charge in [-0.05, 0) is 38.0 Å². The minimum absolute atomic E-state index is 0.261. The van der Waals surface area contributed by atoms with Gasteiger partial charge in [0.15, 0.2) is 0 Å². The van der Waals surface area contributed by atoms with E-state index >= 15 is 0 Å². The molecule has 2 nitrogen and oxygen atoms in total. The lowest BCUT2D eigenvalue weighted by Gasteiger charge is -2.53. The molecule has 0 spiro atoms. The standard InChI is InChI=1S/C11H21NO/c1-9-4-2-5-10(12,8-9)11(13)6-3-7-11/h9,13H,2-8,12H2,1H3. The predicted octanol–water partition coefficient (Wildman–Crippen LogP) is 1.81. The molecule has 13 heavy (non-hydrogen) atoms. The summed E-state index contributed by atoms with van der Waals surface area (Å²) in [6.07, 6.45) is 7.53. The molecular formula is C11H21NO. The van der Waals surface area contributed by atoms with E-state index in [1.807, 2.05) is 0 Å². The van der Waals surface area contributed by atoms with Crippen molar-refractivity contribution in [2.24, 2.45) is 11.7 Å². The Balaban J connectivity index is 2.09. The van der Waals surface area contributed by atoms with Gasteiger partial charge in [0.2, 0.25) is 0 Å². The van der Waals surface area contributed by atoms with Crippen LogP contribution >= 0.6 is 0 Å². The van der Waals surface area contributed by atoms with E-state index in [-0.39, 0.29) is 5.54 Å². The molecule has 0 bridgehead atoms. The first-order valence-corrected chi connectivity index (χ1v) is 5.57. The maximum Gasteiger partial charge on any atom is 0.0826 e. The zero-order chi connectivity index (χ0) is 9.53. The SMILES string of the molecule is CC1CCCC(N)(C2(O)CCC2)C1. The maximum absolute atomic E-state index is 10.3. The van der Waals surface area contributed by atoms with Crippen LogP contribution in [0.5, 0.6) is 0 Å². The third-order valence-electron chi connectivity index (χ3n) is 4.14.